The molecule has 2 amide bonds. The zero-order chi connectivity index (χ0) is 21.4. The molecule has 0 radical (unpaired) electrons. The van der Waals surface area contributed by atoms with Gasteiger partial charge in [-0.15, -0.1) is 16.9 Å². The van der Waals surface area contributed by atoms with Crippen molar-refractivity contribution >= 4 is 53.1 Å². The first-order chi connectivity index (χ1) is 13.5. The number of β-lactam (4-membered cyclic amide) rings is 1. The molecule has 0 aliphatic carbocycles. The Morgan fingerprint density at radius 2 is 2.17 bits per heavy atom. The Morgan fingerprint density at radius 1 is 1.45 bits per heavy atom. The van der Waals surface area contributed by atoms with Gasteiger partial charge in [-0.05, 0) is 22.2 Å². The highest BCUT2D eigenvalue weighted by atomic mass is 32.2. The van der Waals surface area contributed by atoms with Crippen molar-refractivity contribution in [3.8, 4) is 0 Å². The molecule has 29 heavy (non-hydrogen) atoms. The van der Waals surface area contributed by atoms with Gasteiger partial charge in [-0.3, -0.25) is 14.4 Å². The summed E-state index contributed by atoms with van der Waals surface area (Å²) in [5.74, 6) is -3.03. The second kappa shape index (κ2) is 8.22. The van der Waals surface area contributed by atoms with Gasteiger partial charge in [0.05, 0.1) is 5.75 Å². The maximum Gasteiger partial charge on any atom is 0.442 e. The number of nitrogens with zero attached hydrogens (tertiary/aromatic N) is 5. The zero-order valence-electron chi connectivity index (χ0n) is 14.7. The summed E-state index contributed by atoms with van der Waals surface area (Å²) >= 11 is 1.84. The Morgan fingerprint density at radius 3 is 2.76 bits per heavy atom. The highest BCUT2D eigenvalue weighted by molar-refractivity contribution is 8.01. The Hall–Kier alpha value is -1.68. The van der Waals surface area contributed by atoms with Gasteiger partial charge in [0.1, 0.15) is 16.8 Å². The van der Waals surface area contributed by atoms with Crippen LogP contribution in [0.4, 0.5) is 13.2 Å². The van der Waals surface area contributed by atoms with Crippen LogP contribution in [0.5, 0.6) is 0 Å². The fourth-order valence-corrected chi connectivity index (χ4v) is 5.90. The Bertz CT molecular complexity index is 824. The normalized spacial score (nSPS) is 26.6. The third kappa shape index (κ3) is 4.74. The van der Waals surface area contributed by atoms with Crippen LogP contribution in [0.15, 0.2) is 5.16 Å². The standard InChI is InChI=1S/C13H15F3N6O4S3/c1-21-11(18-19-20-21)28-5-12(10(25)26)3-22-8(24)7(9(22)27-4-12)17-6(23)2-29-13(14,15)16/h7,9H,2-5H2,1H3,(H,17,23)(H,25,26)/t7?,9-,12?/m1/s1. The van der Waals surface area contributed by atoms with Crippen molar-refractivity contribution in [2.75, 3.05) is 23.8 Å². The predicted molar refractivity (Wildman–Crippen MR) is 98.0 cm³/mol. The van der Waals surface area contributed by atoms with Crippen molar-refractivity contribution in [1.29, 1.82) is 0 Å². The number of tetrazole rings is 1. The van der Waals surface area contributed by atoms with Gasteiger partial charge >= 0.3 is 11.5 Å². The van der Waals surface area contributed by atoms with E-state index in [9.17, 15) is 32.7 Å². The quantitative estimate of drug-likeness (QED) is 0.414. The highest BCUT2D eigenvalue weighted by Gasteiger charge is 2.57. The van der Waals surface area contributed by atoms with E-state index in [4.69, 9.17) is 0 Å². The molecule has 0 saturated carbocycles. The SMILES string of the molecule is Cn1nnnc1SCC1(C(=O)O)CS[C@@H]2C(NC(=O)CSC(F)(F)F)C(=O)N2C1. The Kier molecular flexibility index (Phi) is 6.24. The summed E-state index contributed by atoms with van der Waals surface area (Å²) in [6.07, 6.45) is 0. The number of carbonyl (C=O) groups is 3. The summed E-state index contributed by atoms with van der Waals surface area (Å²) in [5, 5.41) is 22.9. The molecule has 1 aromatic rings. The number of thioether (sulfide) groups is 3. The van der Waals surface area contributed by atoms with Crippen LogP contribution in [0, 0.1) is 5.41 Å². The Labute approximate surface area is 174 Å². The first kappa shape index (κ1) is 22.0. The summed E-state index contributed by atoms with van der Waals surface area (Å²) in [6.45, 7) is -0.0687. The van der Waals surface area contributed by atoms with Crippen LogP contribution in [0.1, 0.15) is 0 Å². The van der Waals surface area contributed by atoms with Crippen molar-refractivity contribution in [2.24, 2.45) is 12.5 Å². The number of hydrogen-bond donors (Lipinski definition) is 2. The molecule has 2 unspecified atom stereocenters. The molecule has 2 N–H and O–H groups in total. The van der Waals surface area contributed by atoms with Crippen LogP contribution in [0.3, 0.4) is 0 Å². The molecule has 3 atom stereocenters. The van der Waals surface area contributed by atoms with Gasteiger partial charge in [-0.2, -0.15) is 13.2 Å². The van der Waals surface area contributed by atoms with Crippen LogP contribution < -0.4 is 5.32 Å². The molecule has 0 aromatic carbocycles. The van der Waals surface area contributed by atoms with Crippen molar-refractivity contribution < 1.29 is 32.7 Å². The smallest absolute Gasteiger partial charge is 0.442 e. The number of hydrogen-bond acceptors (Lipinski definition) is 9. The van der Waals surface area contributed by atoms with Crippen molar-refractivity contribution in [1.82, 2.24) is 30.4 Å². The van der Waals surface area contributed by atoms with E-state index in [0.29, 0.717) is 5.16 Å². The molecular weight excluding hydrogens is 457 g/mol. The van der Waals surface area contributed by atoms with Crippen LogP contribution >= 0.6 is 35.3 Å². The topological polar surface area (TPSA) is 130 Å². The fraction of sp³-hybridized carbons (Fsp3) is 0.692. The summed E-state index contributed by atoms with van der Waals surface area (Å²) in [4.78, 5) is 37.3. The van der Waals surface area contributed by atoms with Crippen molar-refractivity contribution in [2.45, 2.75) is 22.1 Å². The predicted octanol–water partition coefficient (Wildman–Crippen LogP) is 0.0261. The van der Waals surface area contributed by atoms with Crippen LogP contribution in [-0.2, 0) is 21.4 Å². The van der Waals surface area contributed by atoms with Gasteiger partial charge in [0, 0.05) is 25.1 Å². The molecule has 0 spiro atoms. The average molecular weight is 472 g/mol. The number of nitrogens with one attached hydrogen (secondary N) is 1. The van der Waals surface area contributed by atoms with E-state index in [0.717, 1.165) is 11.8 Å². The number of amides is 2. The number of aliphatic carboxylic acids is 1. The number of fused-ring (bicyclic) bond motifs is 1. The molecule has 10 nitrogen and oxygen atoms in total. The lowest BCUT2D eigenvalue weighted by molar-refractivity contribution is -0.157. The van der Waals surface area contributed by atoms with Crippen molar-refractivity contribution in [3.63, 3.8) is 0 Å². The van der Waals surface area contributed by atoms with Gasteiger partial charge in [-0.1, -0.05) is 11.8 Å². The molecule has 0 bridgehead atoms. The second-order valence-electron chi connectivity index (χ2n) is 6.41. The minimum atomic E-state index is -4.54. The molecule has 2 aliphatic rings. The number of alkyl halides is 3. The fourth-order valence-electron chi connectivity index (χ4n) is 2.81. The summed E-state index contributed by atoms with van der Waals surface area (Å²) < 4.78 is 38.0. The number of carboxylic acids is 1. The van der Waals surface area contributed by atoms with Gasteiger partial charge in [0.15, 0.2) is 0 Å². The van der Waals surface area contributed by atoms with Crippen LogP contribution in [0.2, 0.25) is 0 Å². The van der Waals surface area contributed by atoms with Gasteiger partial charge in [-0.25, -0.2) is 4.68 Å². The summed E-state index contributed by atoms with van der Waals surface area (Å²) in [7, 11) is 1.62. The van der Waals surface area contributed by atoms with Crippen LogP contribution in [0.25, 0.3) is 0 Å². The number of rotatable bonds is 7. The number of aryl methyl sites for hydroxylation is 1. The second-order valence-corrected chi connectivity index (χ2v) is 9.49. The third-order valence-corrected chi connectivity index (χ3v) is 7.96. The minimum absolute atomic E-state index is 0.0687. The number of carboxylic acid groups (broad SMARTS) is 1. The molecule has 160 valence electrons. The van der Waals surface area contributed by atoms with Gasteiger partial charge < -0.3 is 15.3 Å². The van der Waals surface area contributed by atoms with Gasteiger partial charge in [0.2, 0.25) is 17.0 Å². The lowest BCUT2D eigenvalue weighted by Gasteiger charge is -2.53. The minimum Gasteiger partial charge on any atom is -0.481 e. The molecule has 2 fully saturated rings. The largest absolute Gasteiger partial charge is 0.481 e. The van der Waals surface area contributed by atoms with E-state index >= 15 is 0 Å². The zero-order valence-corrected chi connectivity index (χ0v) is 17.2. The summed E-state index contributed by atoms with van der Waals surface area (Å²) in [6, 6.07) is -0.955. The molecule has 3 rings (SSSR count). The lowest BCUT2D eigenvalue weighted by atomic mass is 9.89. The lowest BCUT2D eigenvalue weighted by Crippen LogP contribution is -2.74. The van der Waals surface area contributed by atoms with Crippen molar-refractivity contribution in [3.05, 3.63) is 0 Å². The van der Waals surface area contributed by atoms with E-state index in [1.165, 1.54) is 21.3 Å². The number of carbonyl (C=O) groups excluding carboxylic acids is 2. The van der Waals surface area contributed by atoms with E-state index in [-0.39, 0.29) is 18.1 Å². The maximum absolute atomic E-state index is 12.4. The maximum atomic E-state index is 12.4. The molecule has 16 heteroatoms. The van der Waals surface area contributed by atoms with E-state index in [2.05, 4.69) is 20.8 Å². The molecule has 2 saturated heterocycles. The van der Waals surface area contributed by atoms with Gasteiger partial charge in [0.25, 0.3) is 0 Å². The molecule has 2 aliphatic heterocycles. The third-order valence-electron chi connectivity index (χ3n) is 4.34. The molecule has 1 aromatic heterocycles. The molecular formula is C13H15F3N6O4S3. The van der Waals surface area contributed by atoms with E-state index in [1.807, 2.05) is 0 Å². The number of aromatic nitrogens is 4. The monoisotopic (exact) mass is 472 g/mol. The first-order valence-corrected chi connectivity index (χ1v) is 11.1. The highest BCUT2D eigenvalue weighted by Crippen LogP contribution is 2.44. The molecule has 3 heterocycles. The van der Waals surface area contributed by atoms with E-state index in [1.54, 1.807) is 7.05 Å². The first-order valence-electron chi connectivity index (χ1n) is 8.03. The number of halogens is 3. The van der Waals surface area contributed by atoms with Crippen LogP contribution in [-0.4, -0.2) is 88.7 Å². The average Bonchev–Trinajstić information content (AvgIpc) is 3.06. The summed E-state index contributed by atoms with van der Waals surface area (Å²) in [5.41, 5.74) is -5.78. The van der Waals surface area contributed by atoms with E-state index < -0.39 is 57.6 Å². The Balaban J connectivity index is 1.59.